The van der Waals surface area contributed by atoms with Gasteiger partial charge in [0.25, 0.3) is 0 Å². The third kappa shape index (κ3) is 7.72. The molecule has 3 N–H and O–H groups in total. The highest BCUT2D eigenvalue weighted by molar-refractivity contribution is 5.88. The van der Waals surface area contributed by atoms with Gasteiger partial charge in [0.2, 0.25) is 11.8 Å². The number of aromatic nitrogens is 4. The maximum Gasteiger partial charge on any atom is 0.242 e. The van der Waals surface area contributed by atoms with Gasteiger partial charge >= 0.3 is 0 Å². The number of benzene rings is 3. The van der Waals surface area contributed by atoms with Crippen LogP contribution in [0.25, 0.3) is 22.3 Å². The number of carbonyl (C=O) groups excluding carboxylic acids is 2. The van der Waals surface area contributed by atoms with Gasteiger partial charge in [-0.1, -0.05) is 30.3 Å². The van der Waals surface area contributed by atoms with Crippen molar-refractivity contribution in [1.82, 2.24) is 35.3 Å². The molecule has 47 heavy (non-hydrogen) atoms. The largest absolute Gasteiger partial charge is 0.497 e. The first-order chi connectivity index (χ1) is 23.0. The van der Waals surface area contributed by atoms with Gasteiger partial charge in [-0.25, -0.2) is 4.98 Å². The molecule has 3 aromatic carbocycles. The Balaban J connectivity index is 1.28. The normalized spacial score (nSPS) is 16.7. The van der Waals surface area contributed by atoms with Gasteiger partial charge in [0, 0.05) is 55.9 Å². The summed E-state index contributed by atoms with van der Waals surface area (Å²) < 4.78 is 19.2. The summed E-state index contributed by atoms with van der Waals surface area (Å²) in [4.78, 5) is 33.8. The SMILES string of the molecule is COc1ccc2n[nH]c(CN3CCCOc4cc(ccc4OC)-c4nccn4CCNC(=O)[C@H](Cc4ccccc4)NC(=O)C3)c2c1. The summed E-state index contributed by atoms with van der Waals surface area (Å²) in [5.74, 6) is 2.19. The monoisotopic (exact) mass is 637 g/mol. The van der Waals surface area contributed by atoms with Gasteiger partial charge in [0.1, 0.15) is 17.6 Å². The van der Waals surface area contributed by atoms with Crippen LogP contribution in [0.2, 0.25) is 0 Å². The Kier molecular flexibility index (Phi) is 9.97. The second kappa shape index (κ2) is 14.8. The van der Waals surface area contributed by atoms with E-state index in [4.69, 9.17) is 14.2 Å². The van der Waals surface area contributed by atoms with Gasteiger partial charge in [-0.15, -0.1) is 0 Å². The molecule has 2 bridgehead atoms. The number of imidazole rings is 1. The highest BCUT2D eigenvalue weighted by atomic mass is 16.5. The van der Waals surface area contributed by atoms with Crippen molar-refractivity contribution in [3.05, 3.63) is 90.4 Å². The van der Waals surface area contributed by atoms with Crippen LogP contribution >= 0.6 is 0 Å². The number of ether oxygens (including phenoxy) is 3. The minimum Gasteiger partial charge on any atom is -0.497 e. The molecule has 12 nitrogen and oxygen atoms in total. The molecule has 3 heterocycles. The van der Waals surface area contributed by atoms with Gasteiger partial charge in [-0.05, 0) is 48.4 Å². The number of aromatic amines is 1. The van der Waals surface area contributed by atoms with Crippen molar-refractivity contribution in [3.8, 4) is 28.6 Å². The van der Waals surface area contributed by atoms with Crippen molar-refractivity contribution in [1.29, 1.82) is 0 Å². The van der Waals surface area contributed by atoms with Crippen molar-refractivity contribution in [2.75, 3.05) is 40.5 Å². The summed E-state index contributed by atoms with van der Waals surface area (Å²) in [6, 6.07) is 20.4. The van der Waals surface area contributed by atoms with E-state index in [0.29, 0.717) is 57.1 Å². The minimum absolute atomic E-state index is 0.0697. The molecular weight excluding hydrogens is 598 g/mol. The minimum atomic E-state index is -0.752. The van der Waals surface area contributed by atoms with Crippen LogP contribution in [-0.4, -0.2) is 83.0 Å². The fourth-order valence-corrected chi connectivity index (χ4v) is 5.80. The lowest BCUT2D eigenvalue weighted by molar-refractivity contribution is -0.129. The molecule has 1 aliphatic heterocycles. The molecular formula is C35H39N7O5. The average molecular weight is 638 g/mol. The Morgan fingerprint density at radius 2 is 1.87 bits per heavy atom. The van der Waals surface area contributed by atoms with Crippen LogP contribution in [0.15, 0.2) is 79.1 Å². The van der Waals surface area contributed by atoms with Crippen molar-refractivity contribution < 1.29 is 23.8 Å². The lowest BCUT2D eigenvalue weighted by Crippen LogP contribution is -2.51. The second-order valence-electron chi connectivity index (χ2n) is 11.4. The number of amides is 2. The van der Waals surface area contributed by atoms with Crippen molar-refractivity contribution in [2.45, 2.75) is 32.0 Å². The predicted octanol–water partition coefficient (Wildman–Crippen LogP) is 3.57. The Morgan fingerprint density at radius 3 is 2.70 bits per heavy atom. The first-order valence-electron chi connectivity index (χ1n) is 15.7. The zero-order valence-electron chi connectivity index (χ0n) is 26.6. The smallest absolute Gasteiger partial charge is 0.242 e. The number of fused-ring (bicyclic) bond motifs is 5. The molecule has 0 unspecified atom stereocenters. The van der Waals surface area contributed by atoms with Gasteiger partial charge in [-0.2, -0.15) is 5.10 Å². The standard InChI is InChI=1S/C35H39N7O5/c1-45-26-10-11-28-27(21-26)30(40-39-28)22-41-15-6-18-47-32-20-25(9-12-31(32)46-2)34-36-13-16-42(34)17-14-37-35(44)29(38-33(43)23-41)19-24-7-4-3-5-8-24/h3-5,7-13,16,20-21,29H,6,14-15,17-19,22-23H2,1-2H3,(H,37,44)(H,38,43)(H,39,40)/t29-/m0/s1. The summed E-state index contributed by atoms with van der Waals surface area (Å²) in [7, 11) is 3.24. The van der Waals surface area contributed by atoms with Crippen molar-refractivity contribution >= 4 is 22.7 Å². The van der Waals surface area contributed by atoms with Crippen molar-refractivity contribution in [2.24, 2.45) is 0 Å². The van der Waals surface area contributed by atoms with Crippen LogP contribution in [0.5, 0.6) is 17.2 Å². The van der Waals surface area contributed by atoms with Crippen LogP contribution in [0.1, 0.15) is 17.7 Å². The molecule has 1 aliphatic rings. The summed E-state index contributed by atoms with van der Waals surface area (Å²) in [6.07, 6.45) is 4.60. The fraction of sp³-hybridized carbons (Fsp3) is 0.314. The molecule has 244 valence electrons. The van der Waals surface area contributed by atoms with Gasteiger partial charge in [-0.3, -0.25) is 19.6 Å². The van der Waals surface area contributed by atoms with E-state index in [9.17, 15) is 9.59 Å². The first kappa shape index (κ1) is 31.6. The highest BCUT2D eigenvalue weighted by Gasteiger charge is 2.23. The van der Waals surface area contributed by atoms with Crippen LogP contribution < -0.4 is 24.8 Å². The van der Waals surface area contributed by atoms with E-state index in [1.165, 1.54) is 0 Å². The lowest BCUT2D eigenvalue weighted by atomic mass is 10.1. The third-order valence-electron chi connectivity index (χ3n) is 8.19. The molecule has 6 rings (SSSR count). The third-order valence-corrected chi connectivity index (χ3v) is 8.19. The van der Waals surface area contributed by atoms with E-state index in [1.54, 1.807) is 20.4 Å². The van der Waals surface area contributed by atoms with Crippen molar-refractivity contribution in [3.63, 3.8) is 0 Å². The summed E-state index contributed by atoms with van der Waals surface area (Å²) >= 11 is 0. The Labute approximate surface area is 273 Å². The van der Waals surface area contributed by atoms with E-state index in [0.717, 1.165) is 39.3 Å². The number of nitrogens with zero attached hydrogens (tertiary/aromatic N) is 4. The van der Waals surface area contributed by atoms with Crippen LogP contribution in [0, 0.1) is 0 Å². The molecule has 0 saturated heterocycles. The number of H-pyrrole nitrogens is 1. The maximum atomic E-state index is 13.6. The molecule has 0 spiro atoms. The Hall–Kier alpha value is -5.36. The number of hydrogen-bond donors (Lipinski definition) is 3. The molecule has 5 aromatic rings. The van der Waals surface area contributed by atoms with Crippen LogP contribution in [-0.2, 0) is 29.1 Å². The second-order valence-corrected chi connectivity index (χ2v) is 11.4. The van der Waals surface area contributed by atoms with Crippen LogP contribution in [0.4, 0.5) is 0 Å². The van der Waals surface area contributed by atoms with Gasteiger partial charge in [0.15, 0.2) is 11.5 Å². The molecule has 12 heteroatoms. The maximum absolute atomic E-state index is 13.6. The topological polar surface area (TPSA) is 136 Å². The van der Waals surface area contributed by atoms with E-state index in [-0.39, 0.29) is 18.4 Å². The van der Waals surface area contributed by atoms with E-state index in [1.807, 2.05) is 82.4 Å². The molecule has 0 saturated carbocycles. The van der Waals surface area contributed by atoms with E-state index < -0.39 is 6.04 Å². The van der Waals surface area contributed by atoms with Gasteiger partial charge < -0.3 is 29.4 Å². The summed E-state index contributed by atoms with van der Waals surface area (Å²) in [5, 5.41) is 14.5. The van der Waals surface area contributed by atoms with Gasteiger partial charge in [0.05, 0.1) is 38.6 Å². The van der Waals surface area contributed by atoms with E-state index >= 15 is 0 Å². The number of rotatable bonds is 6. The predicted molar refractivity (Wildman–Crippen MR) is 177 cm³/mol. The number of nitrogens with one attached hydrogen (secondary N) is 3. The molecule has 2 amide bonds. The Bertz CT molecular complexity index is 1820. The zero-order chi connectivity index (χ0) is 32.6. The molecule has 2 aromatic heterocycles. The van der Waals surface area contributed by atoms with E-state index in [2.05, 4.69) is 25.8 Å². The fourth-order valence-electron chi connectivity index (χ4n) is 5.80. The quantitative estimate of drug-likeness (QED) is 0.257. The number of carbonyl (C=O) groups is 2. The molecule has 0 fully saturated rings. The zero-order valence-corrected chi connectivity index (χ0v) is 26.6. The molecule has 1 atom stereocenters. The number of hydrogen-bond acceptors (Lipinski definition) is 8. The summed E-state index contributed by atoms with van der Waals surface area (Å²) in [6.45, 7) is 2.27. The lowest BCUT2D eigenvalue weighted by Gasteiger charge is -2.24. The summed E-state index contributed by atoms with van der Waals surface area (Å²) in [5.41, 5.74) is 3.49. The molecule has 0 aliphatic carbocycles. The molecule has 0 radical (unpaired) electrons. The highest BCUT2D eigenvalue weighted by Crippen LogP contribution is 2.32. The number of methoxy groups -OCH3 is 2. The first-order valence-corrected chi connectivity index (χ1v) is 15.7. The Morgan fingerprint density at radius 1 is 1.00 bits per heavy atom. The van der Waals surface area contributed by atoms with Crippen LogP contribution in [0.3, 0.4) is 0 Å². The average Bonchev–Trinajstić information content (AvgIpc) is 3.73.